The summed E-state index contributed by atoms with van der Waals surface area (Å²) in [5.41, 5.74) is 3.59. The van der Waals surface area contributed by atoms with Gasteiger partial charge in [0.2, 0.25) is 0 Å². The number of benzene rings is 2. The highest BCUT2D eigenvalue weighted by atomic mass is 16.2. The lowest BCUT2D eigenvalue weighted by molar-refractivity contribution is 0.251. The van der Waals surface area contributed by atoms with Gasteiger partial charge in [0.05, 0.1) is 5.69 Å². The van der Waals surface area contributed by atoms with Crippen molar-refractivity contribution in [3.05, 3.63) is 72.3 Å². The van der Waals surface area contributed by atoms with Crippen LogP contribution in [0.15, 0.2) is 66.7 Å². The van der Waals surface area contributed by atoms with Crippen molar-refractivity contribution in [3.8, 4) is 11.3 Å². The zero-order chi connectivity index (χ0) is 20.6. The van der Waals surface area contributed by atoms with Crippen molar-refractivity contribution >= 4 is 17.5 Å². The largest absolute Gasteiger partial charge is 0.355 e. The average Bonchev–Trinajstić information content (AvgIpc) is 3.09. The van der Waals surface area contributed by atoms with Gasteiger partial charge >= 0.3 is 6.03 Å². The Hall–Kier alpha value is -3.41. The lowest BCUT2D eigenvalue weighted by Crippen LogP contribution is -2.28. The van der Waals surface area contributed by atoms with Gasteiger partial charge in [0, 0.05) is 30.9 Å². The van der Waals surface area contributed by atoms with Gasteiger partial charge in [-0.1, -0.05) is 55.3 Å². The normalized spacial score (nSPS) is 14.1. The van der Waals surface area contributed by atoms with Crippen molar-refractivity contribution in [3.63, 3.8) is 0 Å². The Bertz CT molecular complexity index is 934. The van der Waals surface area contributed by atoms with Gasteiger partial charge in [0.15, 0.2) is 5.82 Å². The smallest absolute Gasteiger partial charge is 0.319 e. The van der Waals surface area contributed by atoms with E-state index in [9.17, 15) is 4.79 Å². The molecule has 2 heterocycles. The Kier molecular flexibility index (Phi) is 6.54. The molecule has 1 aliphatic rings. The highest BCUT2D eigenvalue weighted by Crippen LogP contribution is 2.22. The molecule has 6 nitrogen and oxygen atoms in total. The molecule has 4 rings (SSSR count). The van der Waals surface area contributed by atoms with Crippen LogP contribution in [0.2, 0.25) is 0 Å². The summed E-state index contributed by atoms with van der Waals surface area (Å²) in [6, 6.07) is 21.3. The molecule has 1 saturated heterocycles. The van der Waals surface area contributed by atoms with Crippen LogP contribution in [-0.4, -0.2) is 29.3 Å². The molecule has 3 aromatic rings. The molecule has 30 heavy (non-hydrogen) atoms. The van der Waals surface area contributed by atoms with Crippen molar-refractivity contribution < 1.29 is 4.79 Å². The lowest BCUT2D eigenvalue weighted by atomic mass is 10.1. The maximum atomic E-state index is 12.1. The molecule has 2 aromatic carbocycles. The summed E-state index contributed by atoms with van der Waals surface area (Å²) in [4.78, 5) is 14.4. The summed E-state index contributed by atoms with van der Waals surface area (Å²) in [5.74, 6) is 0.953. The minimum atomic E-state index is -0.229. The minimum Gasteiger partial charge on any atom is -0.355 e. The summed E-state index contributed by atoms with van der Waals surface area (Å²) < 4.78 is 0. The maximum absolute atomic E-state index is 12.1. The molecule has 0 atom stereocenters. The molecule has 0 spiro atoms. The third-order valence-electron chi connectivity index (χ3n) is 5.31. The molecule has 1 fully saturated rings. The van der Waals surface area contributed by atoms with Crippen molar-refractivity contribution in [1.82, 2.24) is 15.5 Å². The number of urea groups is 1. The first kappa shape index (κ1) is 19.9. The molecule has 154 valence electrons. The molecule has 0 bridgehead atoms. The third-order valence-corrected chi connectivity index (χ3v) is 5.31. The number of anilines is 2. The van der Waals surface area contributed by atoms with E-state index in [0.29, 0.717) is 6.54 Å². The maximum Gasteiger partial charge on any atom is 0.319 e. The van der Waals surface area contributed by atoms with Crippen LogP contribution in [-0.2, 0) is 6.54 Å². The highest BCUT2D eigenvalue weighted by molar-refractivity contribution is 5.89. The number of rotatable bonds is 5. The summed E-state index contributed by atoms with van der Waals surface area (Å²) in [5, 5.41) is 14.6. The second kappa shape index (κ2) is 9.87. The molecule has 6 heteroatoms. The van der Waals surface area contributed by atoms with Crippen LogP contribution in [0.3, 0.4) is 0 Å². The summed E-state index contributed by atoms with van der Waals surface area (Å²) in [6.45, 7) is 2.60. The van der Waals surface area contributed by atoms with Crippen LogP contribution in [0.1, 0.15) is 31.2 Å². The minimum absolute atomic E-state index is 0.229. The second-order valence-electron chi connectivity index (χ2n) is 7.55. The van der Waals surface area contributed by atoms with Crippen molar-refractivity contribution in [2.24, 2.45) is 0 Å². The molecule has 2 amide bonds. The number of aromatic nitrogens is 2. The predicted octanol–water partition coefficient (Wildman–Crippen LogP) is 4.85. The Labute approximate surface area is 177 Å². The molecular weight excluding hydrogens is 374 g/mol. The standard InChI is InChI=1S/C24H27N5O/c30-24(25-18-19-8-4-3-5-9-19)26-21-12-10-20(11-13-21)22-14-15-23(28-27-22)29-16-6-1-2-7-17-29/h3-5,8-15H,1-2,6-7,16-18H2,(H2,25,26,30). The number of carbonyl (C=O) groups is 1. The topological polar surface area (TPSA) is 70.2 Å². The van der Waals surface area contributed by atoms with E-state index in [4.69, 9.17) is 0 Å². The van der Waals surface area contributed by atoms with Gasteiger partial charge in [0.25, 0.3) is 0 Å². The molecular formula is C24H27N5O. The van der Waals surface area contributed by atoms with Crippen molar-refractivity contribution in [2.45, 2.75) is 32.2 Å². The number of hydrogen-bond donors (Lipinski definition) is 2. The molecule has 0 radical (unpaired) electrons. The fourth-order valence-corrected chi connectivity index (χ4v) is 3.63. The number of nitrogens with zero attached hydrogens (tertiary/aromatic N) is 3. The van der Waals surface area contributed by atoms with Gasteiger partial charge < -0.3 is 15.5 Å². The highest BCUT2D eigenvalue weighted by Gasteiger charge is 2.12. The van der Waals surface area contributed by atoms with Crippen molar-refractivity contribution in [1.29, 1.82) is 0 Å². The van der Waals surface area contributed by atoms with Crippen LogP contribution in [0.4, 0.5) is 16.3 Å². The van der Waals surface area contributed by atoms with Crippen LogP contribution >= 0.6 is 0 Å². The van der Waals surface area contributed by atoms with Crippen LogP contribution in [0, 0.1) is 0 Å². The van der Waals surface area contributed by atoms with E-state index in [-0.39, 0.29) is 6.03 Å². The van der Waals surface area contributed by atoms with Crippen LogP contribution in [0.25, 0.3) is 11.3 Å². The van der Waals surface area contributed by atoms with E-state index in [1.165, 1.54) is 25.7 Å². The van der Waals surface area contributed by atoms with Gasteiger partial charge in [-0.25, -0.2) is 4.79 Å². The fourth-order valence-electron chi connectivity index (χ4n) is 3.63. The first-order valence-electron chi connectivity index (χ1n) is 10.6. The van der Waals surface area contributed by atoms with E-state index in [0.717, 1.165) is 41.4 Å². The summed E-state index contributed by atoms with van der Waals surface area (Å²) in [7, 11) is 0. The van der Waals surface area contributed by atoms with E-state index in [1.54, 1.807) is 0 Å². The first-order chi connectivity index (χ1) is 14.8. The molecule has 2 N–H and O–H groups in total. The van der Waals surface area contributed by atoms with E-state index >= 15 is 0 Å². The van der Waals surface area contributed by atoms with Gasteiger partial charge in [-0.05, 0) is 42.7 Å². The van der Waals surface area contributed by atoms with E-state index < -0.39 is 0 Å². The van der Waals surface area contributed by atoms with Crippen LogP contribution in [0.5, 0.6) is 0 Å². The zero-order valence-corrected chi connectivity index (χ0v) is 17.1. The molecule has 0 unspecified atom stereocenters. The van der Waals surface area contributed by atoms with Gasteiger partial charge in [0.1, 0.15) is 0 Å². The SMILES string of the molecule is O=C(NCc1ccccc1)Nc1ccc(-c2ccc(N3CCCCCC3)nn2)cc1. The zero-order valence-electron chi connectivity index (χ0n) is 17.1. The Morgan fingerprint density at radius 2 is 1.57 bits per heavy atom. The second-order valence-corrected chi connectivity index (χ2v) is 7.55. The average molecular weight is 402 g/mol. The summed E-state index contributed by atoms with van der Waals surface area (Å²) in [6.07, 6.45) is 5.03. The molecule has 1 aromatic heterocycles. The molecule has 1 aliphatic heterocycles. The van der Waals surface area contributed by atoms with Gasteiger partial charge in [-0.2, -0.15) is 0 Å². The number of carbonyl (C=O) groups excluding carboxylic acids is 1. The molecule has 0 aliphatic carbocycles. The third kappa shape index (κ3) is 5.35. The van der Waals surface area contributed by atoms with E-state index in [2.05, 4.69) is 31.8 Å². The lowest BCUT2D eigenvalue weighted by Gasteiger charge is -2.20. The number of amides is 2. The predicted molar refractivity (Wildman–Crippen MR) is 120 cm³/mol. The van der Waals surface area contributed by atoms with Gasteiger partial charge in [-0.3, -0.25) is 0 Å². The summed E-state index contributed by atoms with van der Waals surface area (Å²) >= 11 is 0. The molecule has 0 saturated carbocycles. The monoisotopic (exact) mass is 401 g/mol. The first-order valence-corrected chi connectivity index (χ1v) is 10.6. The Morgan fingerprint density at radius 3 is 2.23 bits per heavy atom. The Balaban J connectivity index is 1.33. The number of hydrogen-bond acceptors (Lipinski definition) is 4. The quantitative estimate of drug-likeness (QED) is 0.641. The van der Waals surface area contributed by atoms with E-state index in [1.807, 2.05) is 60.7 Å². The number of nitrogens with one attached hydrogen (secondary N) is 2. The van der Waals surface area contributed by atoms with Gasteiger partial charge in [-0.15, -0.1) is 10.2 Å². The van der Waals surface area contributed by atoms with Crippen molar-refractivity contribution in [2.75, 3.05) is 23.3 Å². The van der Waals surface area contributed by atoms with Crippen LogP contribution < -0.4 is 15.5 Å². The Morgan fingerprint density at radius 1 is 0.833 bits per heavy atom. The fraction of sp³-hybridized carbons (Fsp3) is 0.292.